The average molecular weight is 591 g/mol. The SMILES string of the molecule is Cc1ccc(N(c2ccc(N)cc2)c2ccc(Oc3ccc(N(c4ccc(N)cc4)c4ccc(C)c(C)c4)cc3)cc2)cc1C. The van der Waals surface area contributed by atoms with Crippen LogP contribution in [0.25, 0.3) is 0 Å². The molecule has 0 aliphatic heterocycles. The fraction of sp³-hybridized carbons (Fsp3) is 0.100. The summed E-state index contributed by atoms with van der Waals surface area (Å²) in [4.78, 5) is 4.45. The van der Waals surface area contributed by atoms with Crippen molar-refractivity contribution in [2.75, 3.05) is 21.3 Å². The lowest BCUT2D eigenvalue weighted by molar-refractivity contribution is 0.483. The van der Waals surface area contributed by atoms with Crippen LogP contribution in [-0.2, 0) is 0 Å². The van der Waals surface area contributed by atoms with Crippen molar-refractivity contribution in [2.24, 2.45) is 0 Å². The number of ether oxygens (including phenoxy) is 1. The van der Waals surface area contributed by atoms with Crippen LogP contribution in [0.2, 0.25) is 0 Å². The minimum atomic E-state index is 0.735. The Hall–Kier alpha value is -5.68. The lowest BCUT2D eigenvalue weighted by Gasteiger charge is -2.27. The van der Waals surface area contributed by atoms with E-state index < -0.39 is 0 Å². The van der Waals surface area contributed by atoms with Crippen LogP contribution in [0.3, 0.4) is 0 Å². The first kappa shape index (κ1) is 29.4. The number of nitrogens with two attached hydrogens (primary N) is 2. The van der Waals surface area contributed by atoms with Gasteiger partial charge >= 0.3 is 0 Å². The van der Waals surface area contributed by atoms with E-state index in [1.54, 1.807) is 0 Å². The molecule has 0 heterocycles. The van der Waals surface area contributed by atoms with Crippen LogP contribution >= 0.6 is 0 Å². The van der Waals surface area contributed by atoms with Crippen molar-refractivity contribution in [3.05, 3.63) is 156 Å². The van der Waals surface area contributed by atoms with Crippen molar-refractivity contribution in [1.82, 2.24) is 0 Å². The Bertz CT molecular complexity index is 1770. The molecular weight excluding hydrogens is 552 g/mol. The van der Waals surface area contributed by atoms with Gasteiger partial charge in [-0.2, -0.15) is 0 Å². The van der Waals surface area contributed by atoms with Crippen LogP contribution in [0.4, 0.5) is 45.5 Å². The van der Waals surface area contributed by atoms with Crippen LogP contribution in [0, 0.1) is 27.7 Å². The first-order valence-corrected chi connectivity index (χ1v) is 15.1. The summed E-state index contributed by atoms with van der Waals surface area (Å²) < 4.78 is 6.30. The van der Waals surface area contributed by atoms with E-state index in [2.05, 4.69) is 98.2 Å². The molecule has 0 amide bonds. The second kappa shape index (κ2) is 12.5. The first-order chi connectivity index (χ1) is 21.7. The summed E-state index contributed by atoms with van der Waals surface area (Å²) in [5, 5.41) is 0. The van der Waals surface area contributed by atoms with Gasteiger partial charge in [-0.1, -0.05) is 12.1 Å². The normalized spacial score (nSPS) is 10.8. The van der Waals surface area contributed by atoms with Gasteiger partial charge in [0.05, 0.1) is 0 Å². The zero-order valence-corrected chi connectivity index (χ0v) is 26.2. The van der Waals surface area contributed by atoms with Crippen molar-refractivity contribution in [2.45, 2.75) is 27.7 Å². The topological polar surface area (TPSA) is 67.8 Å². The van der Waals surface area contributed by atoms with E-state index in [0.717, 1.165) is 57.0 Å². The molecule has 6 aromatic rings. The van der Waals surface area contributed by atoms with Crippen LogP contribution in [-0.4, -0.2) is 0 Å². The first-order valence-electron chi connectivity index (χ1n) is 15.1. The summed E-state index contributed by atoms with van der Waals surface area (Å²) in [6.07, 6.45) is 0. The number of nitrogens with zero attached hydrogens (tertiary/aromatic N) is 2. The van der Waals surface area contributed by atoms with Crippen LogP contribution in [0.15, 0.2) is 133 Å². The Balaban J connectivity index is 1.26. The fourth-order valence-corrected chi connectivity index (χ4v) is 5.33. The molecule has 0 atom stereocenters. The maximum Gasteiger partial charge on any atom is 0.127 e. The molecule has 5 heteroatoms. The highest BCUT2D eigenvalue weighted by atomic mass is 16.5. The van der Waals surface area contributed by atoms with Crippen molar-refractivity contribution >= 4 is 45.5 Å². The molecule has 6 aromatic carbocycles. The zero-order valence-electron chi connectivity index (χ0n) is 26.2. The third-order valence-corrected chi connectivity index (χ3v) is 8.23. The van der Waals surface area contributed by atoms with Crippen LogP contribution < -0.4 is 26.0 Å². The molecule has 0 aromatic heterocycles. The highest BCUT2D eigenvalue weighted by molar-refractivity contribution is 5.79. The summed E-state index contributed by atoms with van der Waals surface area (Å²) in [5.74, 6) is 1.52. The summed E-state index contributed by atoms with van der Waals surface area (Å²) in [7, 11) is 0. The molecule has 0 radical (unpaired) electrons. The lowest BCUT2D eigenvalue weighted by Crippen LogP contribution is -2.10. The third-order valence-electron chi connectivity index (χ3n) is 8.23. The monoisotopic (exact) mass is 590 g/mol. The van der Waals surface area contributed by atoms with Gasteiger partial charge in [-0.05, 0) is 171 Å². The highest BCUT2D eigenvalue weighted by Crippen LogP contribution is 2.39. The maximum atomic E-state index is 6.30. The summed E-state index contributed by atoms with van der Waals surface area (Å²) in [6.45, 7) is 8.53. The molecule has 0 aliphatic rings. The van der Waals surface area contributed by atoms with Gasteiger partial charge in [0.1, 0.15) is 11.5 Å². The van der Waals surface area contributed by atoms with E-state index in [0.29, 0.717) is 0 Å². The standard InChI is InChI=1S/C40H38N4O/c1-27-5-11-37(25-29(27)3)43(33-13-7-31(41)8-14-33)35-17-21-39(22-18-35)45-40-23-19-36(20-24-40)44(34-15-9-32(42)10-16-34)38-12-6-28(2)30(4)26-38/h5-26H,41-42H2,1-4H3. The molecule has 0 saturated carbocycles. The van der Waals surface area contributed by atoms with Crippen LogP contribution in [0.1, 0.15) is 22.3 Å². The molecule has 0 spiro atoms. The van der Waals surface area contributed by atoms with Gasteiger partial charge in [0, 0.05) is 45.5 Å². The van der Waals surface area contributed by atoms with Gasteiger partial charge in [0.25, 0.3) is 0 Å². The molecule has 224 valence electrons. The molecule has 45 heavy (non-hydrogen) atoms. The van der Waals surface area contributed by atoms with Crippen molar-refractivity contribution in [1.29, 1.82) is 0 Å². The molecule has 0 bridgehead atoms. The van der Waals surface area contributed by atoms with E-state index >= 15 is 0 Å². The number of aryl methyl sites for hydroxylation is 4. The van der Waals surface area contributed by atoms with Gasteiger partial charge in [-0.3, -0.25) is 0 Å². The van der Waals surface area contributed by atoms with Gasteiger partial charge < -0.3 is 26.0 Å². The maximum absolute atomic E-state index is 6.30. The Morgan fingerprint density at radius 1 is 0.356 bits per heavy atom. The lowest BCUT2D eigenvalue weighted by atomic mass is 10.1. The number of hydrogen-bond donors (Lipinski definition) is 2. The van der Waals surface area contributed by atoms with Crippen molar-refractivity contribution in [3.63, 3.8) is 0 Å². The smallest absolute Gasteiger partial charge is 0.127 e. The second-order valence-corrected chi connectivity index (χ2v) is 11.5. The molecule has 0 saturated heterocycles. The number of hydrogen-bond acceptors (Lipinski definition) is 5. The molecule has 0 unspecified atom stereocenters. The molecular formula is C40H38N4O. The van der Waals surface area contributed by atoms with E-state index in [-0.39, 0.29) is 0 Å². The number of anilines is 8. The molecule has 0 aliphatic carbocycles. The van der Waals surface area contributed by atoms with E-state index in [4.69, 9.17) is 16.2 Å². The fourth-order valence-electron chi connectivity index (χ4n) is 5.33. The van der Waals surface area contributed by atoms with Gasteiger partial charge in [-0.15, -0.1) is 0 Å². The van der Waals surface area contributed by atoms with Gasteiger partial charge in [-0.25, -0.2) is 0 Å². The van der Waals surface area contributed by atoms with E-state index in [9.17, 15) is 0 Å². The Labute approximate surface area is 265 Å². The zero-order chi connectivity index (χ0) is 31.5. The van der Waals surface area contributed by atoms with Gasteiger partial charge in [0.15, 0.2) is 0 Å². The predicted octanol–water partition coefficient (Wildman–Crippen LogP) is 10.8. The second-order valence-electron chi connectivity index (χ2n) is 11.5. The number of benzene rings is 6. The largest absolute Gasteiger partial charge is 0.457 e. The average Bonchev–Trinajstić information content (AvgIpc) is 3.04. The Morgan fingerprint density at radius 2 is 0.644 bits per heavy atom. The summed E-state index contributed by atoms with van der Waals surface area (Å²) >= 11 is 0. The van der Waals surface area contributed by atoms with E-state index in [1.807, 2.05) is 72.8 Å². The minimum Gasteiger partial charge on any atom is -0.457 e. The Morgan fingerprint density at radius 3 is 0.956 bits per heavy atom. The Kier molecular flexibility index (Phi) is 8.17. The van der Waals surface area contributed by atoms with Gasteiger partial charge in [0.2, 0.25) is 0 Å². The van der Waals surface area contributed by atoms with Crippen LogP contribution in [0.5, 0.6) is 11.5 Å². The number of rotatable bonds is 8. The molecule has 5 nitrogen and oxygen atoms in total. The third kappa shape index (κ3) is 6.48. The van der Waals surface area contributed by atoms with Crippen molar-refractivity contribution < 1.29 is 4.74 Å². The van der Waals surface area contributed by atoms with E-state index in [1.165, 1.54) is 22.3 Å². The summed E-state index contributed by atoms with van der Waals surface area (Å²) in [5.41, 5.74) is 24.8. The highest BCUT2D eigenvalue weighted by Gasteiger charge is 2.15. The summed E-state index contributed by atoms with van der Waals surface area (Å²) in [6, 6.07) is 45.3. The molecule has 6 rings (SSSR count). The molecule has 0 fully saturated rings. The predicted molar refractivity (Wildman–Crippen MR) is 190 cm³/mol. The number of nitrogen functional groups attached to an aromatic ring is 2. The van der Waals surface area contributed by atoms with Crippen molar-refractivity contribution in [3.8, 4) is 11.5 Å². The minimum absolute atomic E-state index is 0.735. The quantitative estimate of drug-likeness (QED) is 0.173. The molecule has 4 N–H and O–H groups in total.